The molecule has 0 radical (unpaired) electrons. The predicted molar refractivity (Wildman–Crippen MR) is 95.7 cm³/mol. The van der Waals surface area contributed by atoms with Gasteiger partial charge in [-0.25, -0.2) is 9.37 Å². The average molecular weight is 354 g/mol. The highest BCUT2D eigenvalue weighted by molar-refractivity contribution is 6.05. The summed E-state index contributed by atoms with van der Waals surface area (Å²) in [5, 5.41) is 10.6. The van der Waals surface area contributed by atoms with Gasteiger partial charge >= 0.3 is 0 Å². The minimum atomic E-state index is -0.414. The Bertz CT molecular complexity index is 997. The number of aromatic nitrogens is 2. The molecule has 134 valence electrons. The van der Waals surface area contributed by atoms with Gasteiger partial charge in [-0.2, -0.15) is 0 Å². The van der Waals surface area contributed by atoms with E-state index in [2.05, 4.69) is 20.8 Å². The minimum absolute atomic E-state index is 0.142. The number of halogens is 1. The maximum atomic E-state index is 14.7. The van der Waals surface area contributed by atoms with E-state index >= 15 is 0 Å². The van der Waals surface area contributed by atoms with Gasteiger partial charge in [0.05, 0.1) is 22.3 Å². The van der Waals surface area contributed by atoms with Crippen LogP contribution in [0.25, 0.3) is 11.1 Å². The Hall–Kier alpha value is -2.80. The van der Waals surface area contributed by atoms with E-state index in [4.69, 9.17) is 4.52 Å². The number of anilines is 1. The SMILES string of the molecule is CC(C)c1noc2ncc(C(=O)Nc3ccc4c(c3F)CCNC4)cc12. The van der Waals surface area contributed by atoms with Gasteiger partial charge in [0.1, 0.15) is 5.82 Å². The fourth-order valence-corrected chi connectivity index (χ4v) is 3.22. The van der Waals surface area contributed by atoms with Crippen molar-refractivity contribution in [1.82, 2.24) is 15.5 Å². The van der Waals surface area contributed by atoms with Gasteiger partial charge in [-0.3, -0.25) is 4.79 Å². The Morgan fingerprint density at radius 1 is 1.38 bits per heavy atom. The standard InChI is InChI=1S/C19H19FN4O2/c1-10(2)17-14-7-12(9-22-19(14)26-24-17)18(25)23-15-4-3-11-8-21-6-5-13(11)16(15)20/h3-4,7,9-10,21H,5-6,8H2,1-2H3,(H,23,25). The molecule has 26 heavy (non-hydrogen) atoms. The third-order valence-corrected chi connectivity index (χ3v) is 4.62. The van der Waals surface area contributed by atoms with Crippen LogP contribution >= 0.6 is 0 Å². The van der Waals surface area contributed by atoms with E-state index in [0.717, 1.165) is 17.8 Å². The fraction of sp³-hybridized carbons (Fsp3) is 0.316. The number of rotatable bonds is 3. The molecule has 1 aliphatic rings. The second kappa shape index (κ2) is 6.49. The number of fused-ring (bicyclic) bond motifs is 2. The molecule has 0 bridgehead atoms. The molecule has 7 heteroatoms. The average Bonchev–Trinajstić information content (AvgIpc) is 3.07. The topological polar surface area (TPSA) is 80.0 Å². The van der Waals surface area contributed by atoms with Crippen molar-refractivity contribution in [3.63, 3.8) is 0 Å². The fourth-order valence-electron chi connectivity index (χ4n) is 3.22. The smallest absolute Gasteiger partial charge is 0.257 e. The van der Waals surface area contributed by atoms with E-state index in [9.17, 15) is 9.18 Å². The lowest BCUT2D eigenvalue weighted by atomic mass is 9.99. The quantitative estimate of drug-likeness (QED) is 0.754. The maximum absolute atomic E-state index is 14.7. The molecule has 1 aromatic carbocycles. The molecule has 0 spiro atoms. The molecule has 4 rings (SSSR count). The number of carbonyl (C=O) groups excluding carboxylic acids is 1. The van der Waals surface area contributed by atoms with E-state index in [0.29, 0.717) is 35.2 Å². The van der Waals surface area contributed by atoms with Crippen LogP contribution in [-0.2, 0) is 13.0 Å². The molecule has 0 unspecified atom stereocenters. The number of hydrogen-bond acceptors (Lipinski definition) is 5. The lowest BCUT2D eigenvalue weighted by molar-refractivity contribution is 0.102. The van der Waals surface area contributed by atoms with Gasteiger partial charge in [0.15, 0.2) is 0 Å². The normalized spacial score (nSPS) is 13.8. The third kappa shape index (κ3) is 2.84. The Morgan fingerprint density at radius 3 is 3.04 bits per heavy atom. The van der Waals surface area contributed by atoms with Crippen LogP contribution in [-0.4, -0.2) is 22.6 Å². The van der Waals surface area contributed by atoms with Crippen LogP contribution in [0.1, 0.15) is 46.9 Å². The highest BCUT2D eigenvalue weighted by Gasteiger charge is 2.19. The van der Waals surface area contributed by atoms with E-state index in [1.54, 1.807) is 12.1 Å². The third-order valence-electron chi connectivity index (χ3n) is 4.62. The minimum Gasteiger partial charge on any atom is -0.336 e. The molecule has 0 fully saturated rings. The molecule has 1 aliphatic heterocycles. The summed E-state index contributed by atoms with van der Waals surface area (Å²) in [6.45, 7) is 5.35. The first-order valence-corrected chi connectivity index (χ1v) is 8.62. The summed E-state index contributed by atoms with van der Waals surface area (Å²) in [4.78, 5) is 16.7. The zero-order valence-electron chi connectivity index (χ0n) is 14.6. The first-order valence-electron chi connectivity index (χ1n) is 8.62. The van der Waals surface area contributed by atoms with Crippen molar-refractivity contribution in [1.29, 1.82) is 0 Å². The molecule has 0 atom stereocenters. The number of pyridine rings is 1. The molecule has 3 aromatic rings. The van der Waals surface area contributed by atoms with Gasteiger partial charge in [0.25, 0.3) is 11.6 Å². The molecule has 3 heterocycles. The molecule has 0 saturated carbocycles. The van der Waals surface area contributed by atoms with Gasteiger partial charge < -0.3 is 15.2 Å². The van der Waals surface area contributed by atoms with Gasteiger partial charge in [-0.15, -0.1) is 0 Å². The second-order valence-electron chi connectivity index (χ2n) is 6.74. The largest absolute Gasteiger partial charge is 0.336 e. The van der Waals surface area contributed by atoms with Crippen molar-refractivity contribution in [2.24, 2.45) is 0 Å². The van der Waals surface area contributed by atoms with Crippen LogP contribution in [0.3, 0.4) is 0 Å². The van der Waals surface area contributed by atoms with Gasteiger partial charge in [0.2, 0.25) is 0 Å². The van der Waals surface area contributed by atoms with E-state index < -0.39 is 5.91 Å². The first kappa shape index (κ1) is 16.7. The van der Waals surface area contributed by atoms with Crippen LogP contribution in [0.15, 0.2) is 28.9 Å². The molecule has 1 amide bonds. The maximum Gasteiger partial charge on any atom is 0.257 e. The number of nitrogens with zero attached hydrogens (tertiary/aromatic N) is 2. The lowest BCUT2D eigenvalue weighted by Gasteiger charge is -2.19. The summed E-state index contributed by atoms with van der Waals surface area (Å²) in [6.07, 6.45) is 2.02. The van der Waals surface area contributed by atoms with E-state index in [1.807, 2.05) is 19.9 Å². The van der Waals surface area contributed by atoms with Gasteiger partial charge in [-0.1, -0.05) is 25.1 Å². The van der Waals surface area contributed by atoms with Crippen molar-refractivity contribution >= 4 is 22.7 Å². The Labute approximate surface area is 149 Å². The molecular formula is C19H19FN4O2. The van der Waals surface area contributed by atoms with Crippen LogP contribution in [0.5, 0.6) is 0 Å². The zero-order chi connectivity index (χ0) is 18.3. The van der Waals surface area contributed by atoms with Gasteiger partial charge in [-0.05, 0) is 42.1 Å². The summed E-state index contributed by atoms with van der Waals surface area (Å²) in [7, 11) is 0. The molecule has 2 aromatic heterocycles. The van der Waals surface area contributed by atoms with Crippen LogP contribution in [0, 0.1) is 5.82 Å². The van der Waals surface area contributed by atoms with Gasteiger partial charge in [0, 0.05) is 12.7 Å². The zero-order valence-corrected chi connectivity index (χ0v) is 14.6. The van der Waals surface area contributed by atoms with Crippen LogP contribution in [0.2, 0.25) is 0 Å². The predicted octanol–water partition coefficient (Wildman–Crippen LogP) is 3.38. The summed E-state index contributed by atoms with van der Waals surface area (Å²) >= 11 is 0. The molecule has 0 aliphatic carbocycles. The van der Waals surface area contributed by atoms with Crippen molar-refractivity contribution in [2.75, 3.05) is 11.9 Å². The second-order valence-corrected chi connectivity index (χ2v) is 6.74. The van der Waals surface area contributed by atoms with Crippen molar-refractivity contribution in [2.45, 2.75) is 32.7 Å². The highest BCUT2D eigenvalue weighted by Crippen LogP contribution is 2.26. The van der Waals surface area contributed by atoms with Crippen LogP contribution in [0.4, 0.5) is 10.1 Å². The Morgan fingerprint density at radius 2 is 2.23 bits per heavy atom. The molecule has 2 N–H and O–H groups in total. The molecule has 0 saturated heterocycles. The monoisotopic (exact) mass is 354 g/mol. The number of nitrogens with one attached hydrogen (secondary N) is 2. The van der Waals surface area contributed by atoms with Crippen molar-refractivity contribution in [3.8, 4) is 0 Å². The summed E-state index contributed by atoms with van der Waals surface area (Å²) in [5.74, 6) is -0.634. The summed E-state index contributed by atoms with van der Waals surface area (Å²) in [6, 6.07) is 5.13. The first-order chi connectivity index (χ1) is 12.5. The molecular weight excluding hydrogens is 335 g/mol. The molecule has 6 nitrogen and oxygen atoms in total. The summed E-state index contributed by atoms with van der Waals surface area (Å²) in [5.41, 5.74) is 3.25. The van der Waals surface area contributed by atoms with E-state index in [-0.39, 0.29) is 17.4 Å². The van der Waals surface area contributed by atoms with Crippen molar-refractivity contribution in [3.05, 3.63) is 52.6 Å². The number of benzene rings is 1. The Balaban J connectivity index is 1.64. The Kier molecular flexibility index (Phi) is 4.16. The number of carbonyl (C=O) groups is 1. The van der Waals surface area contributed by atoms with E-state index in [1.165, 1.54) is 6.20 Å². The number of hydrogen-bond donors (Lipinski definition) is 2. The highest BCUT2D eigenvalue weighted by atomic mass is 19.1. The van der Waals surface area contributed by atoms with Crippen molar-refractivity contribution < 1.29 is 13.7 Å². The van der Waals surface area contributed by atoms with Crippen LogP contribution < -0.4 is 10.6 Å². The number of amides is 1. The summed E-state index contributed by atoms with van der Waals surface area (Å²) < 4.78 is 19.9. The lowest BCUT2D eigenvalue weighted by Crippen LogP contribution is -2.25.